The van der Waals surface area contributed by atoms with Gasteiger partial charge in [-0.15, -0.1) is 0 Å². The molecule has 0 atom stereocenters. The quantitative estimate of drug-likeness (QED) is 0.896. The second-order valence-electron chi connectivity index (χ2n) is 4.04. The number of alkyl halides is 3. The molecular weight excluding hydrogens is 279 g/mol. The van der Waals surface area contributed by atoms with Crippen LogP contribution in [0.2, 0.25) is 5.02 Å². The zero-order chi connectivity index (χ0) is 14.0. The standard InChI is InChI=1S/C12H11ClF3N3/c1-7-17-5-9(19-7)6-18-8-2-3-11(13)10(4-8)12(14,15)16/h2-5,18H,6H2,1H3,(H,17,19). The maximum Gasteiger partial charge on any atom is 0.417 e. The largest absolute Gasteiger partial charge is 0.417 e. The number of nitrogens with one attached hydrogen (secondary N) is 2. The van der Waals surface area contributed by atoms with Crippen molar-refractivity contribution in [1.82, 2.24) is 9.97 Å². The Morgan fingerprint density at radius 1 is 1.37 bits per heavy atom. The van der Waals surface area contributed by atoms with E-state index < -0.39 is 11.7 Å². The molecule has 2 N–H and O–H groups in total. The number of anilines is 1. The molecule has 0 amide bonds. The van der Waals surface area contributed by atoms with Crippen LogP contribution >= 0.6 is 11.6 Å². The van der Waals surface area contributed by atoms with Gasteiger partial charge in [-0.3, -0.25) is 0 Å². The lowest BCUT2D eigenvalue weighted by Gasteiger charge is -2.11. The maximum absolute atomic E-state index is 12.7. The average molecular weight is 290 g/mol. The van der Waals surface area contributed by atoms with Gasteiger partial charge in [0.1, 0.15) is 5.82 Å². The molecule has 0 spiro atoms. The molecule has 1 aromatic carbocycles. The monoisotopic (exact) mass is 289 g/mol. The van der Waals surface area contributed by atoms with E-state index in [9.17, 15) is 13.2 Å². The second kappa shape index (κ2) is 5.13. The smallest absolute Gasteiger partial charge is 0.379 e. The molecule has 7 heteroatoms. The third-order valence-electron chi connectivity index (χ3n) is 2.51. The number of benzene rings is 1. The molecule has 19 heavy (non-hydrogen) atoms. The van der Waals surface area contributed by atoms with E-state index in [1.165, 1.54) is 12.1 Å². The van der Waals surface area contributed by atoms with Gasteiger partial charge in [-0.25, -0.2) is 4.98 Å². The number of imidazole rings is 1. The molecule has 0 radical (unpaired) electrons. The summed E-state index contributed by atoms with van der Waals surface area (Å²) in [7, 11) is 0. The molecule has 0 saturated carbocycles. The van der Waals surface area contributed by atoms with Crippen molar-refractivity contribution in [2.45, 2.75) is 19.6 Å². The Balaban J connectivity index is 2.13. The summed E-state index contributed by atoms with van der Waals surface area (Å²) in [5.74, 6) is 0.754. The molecule has 0 aliphatic heterocycles. The summed E-state index contributed by atoms with van der Waals surface area (Å²) in [4.78, 5) is 6.98. The minimum absolute atomic E-state index is 0.310. The number of hydrogen-bond acceptors (Lipinski definition) is 2. The fourth-order valence-electron chi connectivity index (χ4n) is 1.61. The fourth-order valence-corrected chi connectivity index (χ4v) is 1.84. The molecule has 3 nitrogen and oxygen atoms in total. The van der Waals surface area contributed by atoms with Crippen LogP contribution in [0.1, 0.15) is 17.1 Å². The Morgan fingerprint density at radius 2 is 2.11 bits per heavy atom. The number of nitrogens with zero attached hydrogens (tertiary/aromatic N) is 1. The highest BCUT2D eigenvalue weighted by Crippen LogP contribution is 2.36. The van der Waals surface area contributed by atoms with E-state index in [1.54, 1.807) is 13.1 Å². The first-order valence-electron chi connectivity index (χ1n) is 5.47. The molecule has 0 aliphatic rings. The summed E-state index contributed by atoms with van der Waals surface area (Å²) in [6.45, 7) is 2.16. The van der Waals surface area contributed by atoms with Crippen LogP contribution in [-0.4, -0.2) is 9.97 Å². The first kappa shape index (κ1) is 13.7. The minimum atomic E-state index is -4.46. The van der Waals surface area contributed by atoms with Crippen LogP contribution in [0.5, 0.6) is 0 Å². The summed E-state index contributed by atoms with van der Waals surface area (Å²) in [6.07, 6.45) is -2.83. The van der Waals surface area contributed by atoms with Crippen LogP contribution in [0.3, 0.4) is 0 Å². The van der Waals surface area contributed by atoms with Crippen LogP contribution in [0.25, 0.3) is 0 Å². The summed E-state index contributed by atoms with van der Waals surface area (Å²) in [5.41, 5.74) is 0.296. The molecule has 1 heterocycles. The van der Waals surface area contributed by atoms with E-state index in [-0.39, 0.29) is 5.02 Å². The highest BCUT2D eigenvalue weighted by Gasteiger charge is 2.33. The van der Waals surface area contributed by atoms with Gasteiger partial charge in [-0.2, -0.15) is 13.2 Å². The van der Waals surface area contributed by atoms with Crippen molar-refractivity contribution in [2.24, 2.45) is 0 Å². The third kappa shape index (κ3) is 3.41. The molecule has 1 aromatic heterocycles. The van der Waals surface area contributed by atoms with Gasteiger partial charge in [0.25, 0.3) is 0 Å². The lowest BCUT2D eigenvalue weighted by atomic mass is 10.2. The first-order chi connectivity index (χ1) is 8.86. The Labute approximate surface area is 112 Å². The Hall–Kier alpha value is -1.69. The lowest BCUT2D eigenvalue weighted by molar-refractivity contribution is -0.137. The van der Waals surface area contributed by atoms with E-state index in [2.05, 4.69) is 15.3 Å². The van der Waals surface area contributed by atoms with Crippen molar-refractivity contribution in [3.63, 3.8) is 0 Å². The molecule has 0 saturated heterocycles. The summed E-state index contributed by atoms with van der Waals surface area (Å²) < 4.78 is 38.0. The third-order valence-corrected chi connectivity index (χ3v) is 2.84. The van der Waals surface area contributed by atoms with E-state index in [0.717, 1.165) is 17.6 Å². The minimum Gasteiger partial charge on any atom is -0.379 e. The van der Waals surface area contributed by atoms with Crippen molar-refractivity contribution in [3.05, 3.63) is 46.5 Å². The first-order valence-corrected chi connectivity index (χ1v) is 5.85. The van der Waals surface area contributed by atoms with Gasteiger partial charge < -0.3 is 10.3 Å². The van der Waals surface area contributed by atoms with Crippen molar-refractivity contribution in [2.75, 3.05) is 5.32 Å². The van der Waals surface area contributed by atoms with Crippen LogP contribution in [0.4, 0.5) is 18.9 Å². The molecule has 2 rings (SSSR count). The zero-order valence-corrected chi connectivity index (χ0v) is 10.7. The molecule has 102 valence electrons. The number of halogens is 4. The summed E-state index contributed by atoms with van der Waals surface area (Å²) >= 11 is 5.54. The lowest BCUT2D eigenvalue weighted by Crippen LogP contribution is -2.07. The van der Waals surface area contributed by atoms with Gasteiger partial charge in [0.05, 0.1) is 29.0 Å². The molecule has 0 aliphatic carbocycles. The van der Waals surface area contributed by atoms with Crippen molar-refractivity contribution in [3.8, 4) is 0 Å². The molecule has 0 fully saturated rings. The maximum atomic E-state index is 12.7. The van der Waals surface area contributed by atoms with Gasteiger partial charge in [0.15, 0.2) is 0 Å². The van der Waals surface area contributed by atoms with Crippen LogP contribution < -0.4 is 5.32 Å². The van der Waals surface area contributed by atoms with Crippen LogP contribution in [-0.2, 0) is 12.7 Å². The van der Waals surface area contributed by atoms with Gasteiger partial charge in [0.2, 0.25) is 0 Å². The predicted octanol–water partition coefficient (Wildman–Crippen LogP) is 4.00. The highest BCUT2D eigenvalue weighted by atomic mass is 35.5. The number of rotatable bonds is 3. The van der Waals surface area contributed by atoms with Gasteiger partial charge in [0, 0.05) is 5.69 Å². The van der Waals surface area contributed by atoms with E-state index in [4.69, 9.17) is 11.6 Å². The molecule has 0 bridgehead atoms. The number of aryl methyl sites for hydroxylation is 1. The fraction of sp³-hybridized carbons (Fsp3) is 0.250. The van der Waals surface area contributed by atoms with E-state index in [0.29, 0.717) is 12.2 Å². The zero-order valence-electron chi connectivity index (χ0n) is 9.98. The molecule has 0 unspecified atom stereocenters. The average Bonchev–Trinajstić information content (AvgIpc) is 2.72. The highest BCUT2D eigenvalue weighted by molar-refractivity contribution is 6.31. The molecular formula is C12H11ClF3N3. The summed E-state index contributed by atoms with van der Waals surface area (Å²) in [5, 5.41) is 2.57. The Bertz CT molecular complexity index is 578. The van der Waals surface area contributed by atoms with Crippen molar-refractivity contribution < 1.29 is 13.2 Å². The summed E-state index contributed by atoms with van der Waals surface area (Å²) in [6, 6.07) is 3.72. The normalized spacial score (nSPS) is 11.6. The molecule has 2 aromatic rings. The van der Waals surface area contributed by atoms with Crippen LogP contribution in [0.15, 0.2) is 24.4 Å². The topological polar surface area (TPSA) is 40.7 Å². The Morgan fingerprint density at radius 3 is 2.68 bits per heavy atom. The van der Waals surface area contributed by atoms with Gasteiger partial charge in [-0.1, -0.05) is 11.6 Å². The number of aromatic amines is 1. The van der Waals surface area contributed by atoms with Crippen molar-refractivity contribution in [1.29, 1.82) is 0 Å². The number of H-pyrrole nitrogens is 1. The van der Waals surface area contributed by atoms with Crippen LogP contribution in [0, 0.1) is 6.92 Å². The van der Waals surface area contributed by atoms with Gasteiger partial charge >= 0.3 is 6.18 Å². The van der Waals surface area contributed by atoms with E-state index in [1.807, 2.05) is 0 Å². The predicted molar refractivity (Wildman–Crippen MR) is 67.1 cm³/mol. The SMILES string of the molecule is Cc1ncc(CNc2ccc(Cl)c(C(F)(F)F)c2)[nH]1. The van der Waals surface area contributed by atoms with Gasteiger partial charge in [-0.05, 0) is 25.1 Å². The second-order valence-corrected chi connectivity index (χ2v) is 4.45. The number of hydrogen-bond donors (Lipinski definition) is 2. The Kier molecular flexibility index (Phi) is 3.71. The number of aromatic nitrogens is 2. The van der Waals surface area contributed by atoms with Crippen molar-refractivity contribution >= 4 is 17.3 Å². The van der Waals surface area contributed by atoms with E-state index >= 15 is 0 Å².